The summed E-state index contributed by atoms with van der Waals surface area (Å²) >= 11 is 1.73. The molecule has 0 N–H and O–H groups in total. The topological polar surface area (TPSA) is 41.4 Å². The average molecular weight is 511 g/mol. The molecule has 3 aromatic carbocycles. The van der Waals surface area contributed by atoms with Gasteiger partial charge in [0.25, 0.3) is 0 Å². The van der Waals surface area contributed by atoms with Crippen LogP contribution >= 0.6 is 11.8 Å². The zero-order valence-electron chi connectivity index (χ0n) is 21.4. The molecule has 0 unspecified atom stereocenters. The van der Waals surface area contributed by atoms with Crippen molar-refractivity contribution in [1.82, 2.24) is 19.4 Å². The van der Waals surface area contributed by atoms with Crippen molar-refractivity contribution >= 4 is 17.7 Å². The number of likely N-dealkylation sites (N-methyl/N-ethyl adjacent to an activating group) is 1. The molecule has 0 radical (unpaired) electrons. The molecule has 0 bridgehead atoms. The van der Waals surface area contributed by atoms with Gasteiger partial charge >= 0.3 is 0 Å². The number of hydrogen-bond acceptors (Lipinski definition) is 4. The van der Waals surface area contributed by atoms with Crippen molar-refractivity contribution in [3.8, 4) is 28.2 Å². The first-order chi connectivity index (χ1) is 18.2. The summed E-state index contributed by atoms with van der Waals surface area (Å²) in [5, 5.41) is 0.952. The van der Waals surface area contributed by atoms with E-state index in [4.69, 9.17) is 4.98 Å². The Bertz CT molecular complexity index is 1280. The van der Waals surface area contributed by atoms with E-state index in [1.54, 1.807) is 11.8 Å². The van der Waals surface area contributed by atoms with Gasteiger partial charge in [-0.3, -0.25) is 9.36 Å². The van der Waals surface area contributed by atoms with E-state index >= 15 is 0 Å². The van der Waals surface area contributed by atoms with E-state index in [0.29, 0.717) is 6.42 Å². The number of hydrogen-bond donors (Lipinski definition) is 0. The fourth-order valence-electron chi connectivity index (χ4n) is 4.83. The Kier molecular flexibility index (Phi) is 8.39. The largest absolute Gasteiger partial charge is 0.340 e. The van der Waals surface area contributed by atoms with E-state index in [1.807, 2.05) is 23.1 Å². The lowest BCUT2D eigenvalue weighted by atomic mass is 10.0. The molecule has 5 rings (SSSR count). The fourth-order valence-corrected chi connectivity index (χ4v) is 5.78. The minimum absolute atomic E-state index is 0.276. The van der Waals surface area contributed by atoms with Crippen molar-refractivity contribution in [2.75, 3.05) is 38.5 Å². The van der Waals surface area contributed by atoms with Gasteiger partial charge in [0.05, 0.1) is 11.4 Å². The van der Waals surface area contributed by atoms with Crippen LogP contribution in [0.5, 0.6) is 0 Å². The summed E-state index contributed by atoms with van der Waals surface area (Å²) in [6, 6.07) is 31.3. The zero-order valence-corrected chi connectivity index (χ0v) is 22.2. The summed E-state index contributed by atoms with van der Waals surface area (Å²) in [4.78, 5) is 22.4. The molecule has 5 nitrogen and oxygen atoms in total. The second-order valence-corrected chi connectivity index (χ2v) is 10.3. The van der Waals surface area contributed by atoms with Crippen LogP contribution < -0.4 is 0 Å². The highest BCUT2D eigenvalue weighted by Gasteiger charge is 2.22. The van der Waals surface area contributed by atoms with Gasteiger partial charge in [-0.25, -0.2) is 4.98 Å². The molecule has 6 heteroatoms. The third-order valence-electron chi connectivity index (χ3n) is 6.89. The maximum Gasteiger partial charge on any atom is 0.222 e. The lowest BCUT2D eigenvalue weighted by molar-refractivity contribution is -0.132. The van der Waals surface area contributed by atoms with Crippen molar-refractivity contribution in [3.63, 3.8) is 0 Å². The molecule has 0 saturated carbocycles. The summed E-state index contributed by atoms with van der Waals surface area (Å²) in [5.41, 5.74) is 5.38. The molecule has 2 heterocycles. The first-order valence-corrected chi connectivity index (χ1v) is 14.1. The van der Waals surface area contributed by atoms with Crippen molar-refractivity contribution in [3.05, 3.63) is 91.0 Å². The first kappa shape index (κ1) is 25.3. The van der Waals surface area contributed by atoms with Crippen LogP contribution in [0.25, 0.3) is 28.2 Å². The number of carbonyl (C=O) groups excluding carboxylic acids is 1. The Morgan fingerprint density at radius 3 is 2.03 bits per heavy atom. The Morgan fingerprint density at radius 2 is 1.41 bits per heavy atom. The van der Waals surface area contributed by atoms with Crippen LogP contribution in [0.1, 0.15) is 19.8 Å². The van der Waals surface area contributed by atoms with Gasteiger partial charge in [0.2, 0.25) is 5.91 Å². The quantitative estimate of drug-likeness (QED) is 0.197. The van der Waals surface area contributed by atoms with Gasteiger partial charge in [0.15, 0.2) is 5.16 Å². The molecular formula is C31H34N4OS. The minimum Gasteiger partial charge on any atom is -0.340 e. The third kappa shape index (κ3) is 5.97. The molecule has 190 valence electrons. The van der Waals surface area contributed by atoms with Gasteiger partial charge in [0, 0.05) is 55.2 Å². The van der Waals surface area contributed by atoms with Crippen LogP contribution in [0.3, 0.4) is 0 Å². The van der Waals surface area contributed by atoms with Crippen molar-refractivity contribution in [2.24, 2.45) is 0 Å². The maximum absolute atomic E-state index is 12.8. The fraction of sp³-hybridized carbons (Fsp3) is 0.290. The molecule has 37 heavy (non-hydrogen) atoms. The first-order valence-electron chi connectivity index (χ1n) is 13.2. The summed E-state index contributed by atoms with van der Waals surface area (Å²) < 4.78 is 2.27. The van der Waals surface area contributed by atoms with Gasteiger partial charge in [0.1, 0.15) is 0 Å². The number of para-hydroxylation sites is 1. The summed E-state index contributed by atoms with van der Waals surface area (Å²) in [7, 11) is 0. The van der Waals surface area contributed by atoms with E-state index in [1.165, 1.54) is 0 Å². The molecule has 4 aromatic rings. The van der Waals surface area contributed by atoms with Crippen LogP contribution in [0.15, 0.2) is 96.2 Å². The smallest absolute Gasteiger partial charge is 0.222 e. The Balaban J connectivity index is 1.39. The number of piperazine rings is 1. The summed E-state index contributed by atoms with van der Waals surface area (Å²) in [5.74, 6) is 1.12. The molecule has 1 saturated heterocycles. The van der Waals surface area contributed by atoms with Crippen LogP contribution in [-0.4, -0.2) is 63.7 Å². The van der Waals surface area contributed by atoms with E-state index in [0.717, 1.165) is 78.3 Å². The molecule has 1 fully saturated rings. The number of amides is 1. The van der Waals surface area contributed by atoms with Crippen LogP contribution in [0, 0.1) is 0 Å². The van der Waals surface area contributed by atoms with Crippen LogP contribution in [0.2, 0.25) is 0 Å². The molecular weight excluding hydrogens is 476 g/mol. The minimum atomic E-state index is 0.276. The van der Waals surface area contributed by atoms with E-state index in [-0.39, 0.29) is 5.91 Å². The van der Waals surface area contributed by atoms with Gasteiger partial charge < -0.3 is 9.80 Å². The predicted molar refractivity (Wildman–Crippen MR) is 153 cm³/mol. The van der Waals surface area contributed by atoms with Crippen LogP contribution in [0.4, 0.5) is 0 Å². The molecule has 0 spiro atoms. The van der Waals surface area contributed by atoms with Gasteiger partial charge in [-0.15, -0.1) is 0 Å². The van der Waals surface area contributed by atoms with Gasteiger partial charge in [-0.1, -0.05) is 97.5 Å². The highest BCUT2D eigenvalue weighted by molar-refractivity contribution is 7.99. The standard InChI is InChI=1S/C31H34N4OS/c1-2-33-20-22-34(23-21-33)28(36)19-12-24-37-31-32-29(25-13-6-3-7-14-25)30(26-15-8-4-9-16-26)35(31)27-17-10-5-11-18-27/h3-11,13-18H,2,12,19-24H2,1H3. The molecule has 1 aliphatic rings. The van der Waals surface area contributed by atoms with Gasteiger partial charge in [-0.05, 0) is 25.1 Å². The number of nitrogens with zero attached hydrogens (tertiary/aromatic N) is 4. The molecule has 0 atom stereocenters. The molecule has 1 amide bonds. The highest BCUT2D eigenvalue weighted by Crippen LogP contribution is 2.38. The second-order valence-electron chi connectivity index (χ2n) is 9.26. The van der Waals surface area contributed by atoms with E-state index in [2.05, 4.69) is 89.2 Å². The van der Waals surface area contributed by atoms with Crippen molar-refractivity contribution in [1.29, 1.82) is 0 Å². The number of carbonyl (C=O) groups is 1. The molecule has 1 aliphatic heterocycles. The van der Waals surface area contributed by atoms with Crippen molar-refractivity contribution < 1.29 is 4.79 Å². The highest BCUT2D eigenvalue weighted by atomic mass is 32.2. The number of rotatable bonds is 9. The summed E-state index contributed by atoms with van der Waals surface area (Å²) in [6.45, 7) is 6.90. The monoisotopic (exact) mass is 510 g/mol. The second kappa shape index (κ2) is 12.3. The van der Waals surface area contributed by atoms with Gasteiger partial charge in [-0.2, -0.15) is 0 Å². The van der Waals surface area contributed by atoms with Crippen LogP contribution in [-0.2, 0) is 4.79 Å². The van der Waals surface area contributed by atoms with E-state index in [9.17, 15) is 4.79 Å². The molecule has 1 aromatic heterocycles. The molecule has 0 aliphatic carbocycles. The average Bonchev–Trinajstić information content (AvgIpc) is 3.36. The van der Waals surface area contributed by atoms with Crippen molar-refractivity contribution in [2.45, 2.75) is 24.9 Å². The lowest BCUT2D eigenvalue weighted by Gasteiger charge is -2.34. The number of imidazole rings is 1. The SMILES string of the molecule is CCN1CCN(C(=O)CCCSc2nc(-c3ccccc3)c(-c3ccccc3)n2-c2ccccc2)CC1. The van der Waals surface area contributed by atoms with E-state index < -0.39 is 0 Å². The maximum atomic E-state index is 12.8. The Labute approximate surface area is 224 Å². The Hall–Kier alpha value is -3.35. The lowest BCUT2D eigenvalue weighted by Crippen LogP contribution is -2.48. The number of aromatic nitrogens is 2. The summed E-state index contributed by atoms with van der Waals surface area (Å²) in [6.07, 6.45) is 1.42. The predicted octanol–water partition coefficient (Wildman–Crippen LogP) is 6.24. The number of thioether (sulfide) groups is 1. The Morgan fingerprint density at radius 1 is 0.811 bits per heavy atom. The third-order valence-corrected chi connectivity index (χ3v) is 7.92. The zero-order chi connectivity index (χ0) is 25.5. The normalized spacial score (nSPS) is 14.1. The number of benzene rings is 3.